The van der Waals surface area contributed by atoms with Crippen LogP contribution in [0.1, 0.15) is 24.1 Å². The first kappa shape index (κ1) is 14.8. The summed E-state index contributed by atoms with van der Waals surface area (Å²) < 4.78 is 13.3. The van der Waals surface area contributed by atoms with E-state index in [1.54, 1.807) is 18.3 Å². The molecule has 3 nitrogen and oxygen atoms in total. The summed E-state index contributed by atoms with van der Waals surface area (Å²) in [5.74, 6) is 0.0914. The first-order valence-corrected chi connectivity index (χ1v) is 6.86. The van der Waals surface area contributed by atoms with E-state index in [-0.39, 0.29) is 11.1 Å². The predicted octanol–water partition coefficient (Wildman–Crippen LogP) is 3.35. The van der Waals surface area contributed by atoms with Crippen molar-refractivity contribution in [2.75, 3.05) is 12.3 Å². The van der Waals surface area contributed by atoms with Crippen molar-refractivity contribution in [1.82, 2.24) is 10.3 Å². The van der Waals surface area contributed by atoms with Gasteiger partial charge in [0.25, 0.3) is 0 Å². The number of benzene rings is 1. The van der Waals surface area contributed by atoms with Crippen molar-refractivity contribution in [3.05, 3.63) is 58.5 Å². The molecule has 0 fully saturated rings. The summed E-state index contributed by atoms with van der Waals surface area (Å²) in [7, 11) is 0. The van der Waals surface area contributed by atoms with Crippen LogP contribution in [0.15, 0.2) is 36.5 Å². The molecule has 0 bridgehead atoms. The molecule has 1 aromatic carbocycles. The molecule has 0 aliphatic carbocycles. The van der Waals surface area contributed by atoms with Crippen molar-refractivity contribution >= 4 is 17.4 Å². The zero-order chi connectivity index (χ0) is 14.5. The fourth-order valence-electron chi connectivity index (χ4n) is 2.14. The summed E-state index contributed by atoms with van der Waals surface area (Å²) in [5, 5.41) is 3.51. The number of rotatable bonds is 5. The lowest BCUT2D eigenvalue weighted by molar-refractivity contribution is 0.547. The van der Waals surface area contributed by atoms with E-state index < -0.39 is 5.82 Å². The van der Waals surface area contributed by atoms with Gasteiger partial charge in [-0.3, -0.25) is 0 Å². The van der Waals surface area contributed by atoms with Crippen LogP contribution in [0.3, 0.4) is 0 Å². The van der Waals surface area contributed by atoms with Gasteiger partial charge in [0.05, 0.1) is 5.02 Å². The van der Waals surface area contributed by atoms with Gasteiger partial charge in [0.2, 0.25) is 0 Å². The number of nitrogens with zero attached hydrogens (tertiary/aromatic N) is 1. The lowest BCUT2D eigenvalue weighted by Gasteiger charge is -2.19. The third-order valence-electron chi connectivity index (χ3n) is 3.08. The highest BCUT2D eigenvalue weighted by molar-refractivity contribution is 6.30. The molecule has 106 valence electrons. The van der Waals surface area contributed by atoms with Crippen LogP contribution in [-0.4, -0.2) is 11.5 Å². The van der Waals surface area contributed by atoms with Crippen LogP contribution in [0.25, 0.3) is 0 Å². The van der Waals surface area contributed by atoms with Crippen LogP contribution >= 0.6 is 11.6 Å². The molecule has 0 saturated heterocycles. The minimum atomic E-state index is -0.404. The minimum Gasteiger partial charge on any atom is -0.384 e. The molecule has 2 rings (SSSR count). The fourth-order valence-corrected chi connectivity index (χ4v) is 2.33. The molecule has 0 aliphatic rings. The Morgan fingerprint density at radius 3 is 2.80 bits per heavy atom. The Labute approximate surface area is 123 Å². The molecular weight excluding hydrogens is 277 g/mol. The van der Waals surface area contributed by atoms with Gasteiger partial charge < -0.3 is 11.1 Å². The first-order chi connectivity index (χ1) is 9.60. The monoisotopic (exact) mass is 293 g/mol. The Balaban J connectivity index is 2.24. The zero-order valence-electron chi connectivity index (χ0n) is 11.2. The van der Waals surface area contributed by atoms with Crippen LogP contribution in [0.5, 0.6) is 0 Å². The number of nitrogen functional groups attached to an aromatic ring is 1. The number of nitrogens with two attached hydrogens (primary N) is 1. The van der Waals surface area contributed by atoms with Crippen LogP contribution in [0.2, 0.25) is 5.02 Å². The van der Waals surface area contributed by atoms with Gasteiger partial charge in [-0.25, -0.2) is 9.37 Å². The largest absolute Gasteiger partial charge is 0.384 e. The fraction of sp³-hybridized carbons (Fsp3) is 0.267. The standard InChI is InChI=1S/C15H17ClFN3/c1-2-19-14(7-10-5-6-20-15(18)8-10)11-3-4-13(17)12(16)9-11/h3-6,8-9,14,19H,2,7H2,1H3,(H2,18,20). The van der Waals surface area contributed by atoms with E-state index >= 15 is 0 Å². The van der Waals surface area contributed by atoms with Gasteiger partial charge in [0, 0.05) is 12.2 Å². The highest BCUT2D eigenvalue weighted by atomic mass is 35.5. The minimum absolute atomic E-state index is 0.0555. The number of nitrogens with one attached hydrogen (secondary N) is 1. The summed E-state index contributed by atoms with van der Waals surface area (Å²) in [6.45, 7) is 2.83. The van der Waals surface area contributed by atoms with Crippen molar-refractivity contribution < 1.29 is 4.39 Å². The lowest BCUT2D eigenvalue weighted by atomic mass is 9.99. The molecule has 1 aromatic heterocycles. The Kier molecular flexibility index (Phi) is 4.93. The Morgan fingerprint density at radius 1 is 1.35 bits per heavy atom. The number of hydrogen-bond acceptors (Lipinski definition) is 3. The van der Waals surface area contributed by atoms with E-state index in [0.717, 1.165) is 24.1 Å². The third kappa shape index (κ3) is 3.68. The molecular formula is C15H17ClFN3. The van der Waals surface area contributed by atoms with Gasteiger partial charge >= 0.3 is 0 Å². The number of likely N-dealkylation sites (N-methyl/N-ethyl adjacent to an activating group) is 1. The number of aromatic nitrogens is 1. The molecule has 1 unspecified atom stereocenters. The quantitative estimate of drug-likeness (QED) is 0.889. The van der Waals surface area contributed by atoms with E-state index in [4.69, 9.17) is 17.3 Å². The van der Waals surface area contributed by atoms with Crippen molar-refractivity contribution in [1.29, 1.82) is 0 Å². The highest BCUT2D eigenvalue weighted by Gasteiger charge is 2.13. The Morgan fingerprint density at radius 2 is 2.15 bits per heavy atom. The number of pyridine rings is 1. The average Bonchev–Trinajstić information content (AvgIpc) is 2.41. The normalized spacial score (nSPS) is 12.3. The maximum atomic E-state index is 13.3. The molecule has 0 spiro atoms. The maximum absolute atomic E-state index is 13.3. The van der Waals surface area contributed by atoms with Gasteiger partial charge in [0.1, 0.15) is 11.6 Å². The molecule has 0 amide bonds. The molecule has 1 atom stereocenters. The van der Waals surface area contributed by atoms with Crippen LogP contribution in [0.4, 0.5) is 10.2 Å². The van der Waals surface area contributed by atoms with Gasteiger partial charge in [-0.1, -0.05) is 24.6 Å². The van der Waals surface area contributed by atoms with E-state index in [9.17, 15) is 4.39 Å². The second-order valence-electron chi connectivity index (χ2n) is 4.58. The molecule has 2 aromatic rings. The molecule has 1 heterocycles. The van der Waals surface area contributed by atoms with Crippen LogP contribution < -0.4 is 11.1 Å². The van der Waals surface area contributed by atoms with Gasteiger partial charge in [0.15, 0.2) is 0 Å². The Hall–Kier alpha value is -1.65. The predicted molar refractivity (Wildman–Crippen MR) is 80.2 cm³/mol. The van der Waals surface area contributed by atoms with Crippen LogP contribution in [0, 0.1) is 5.82 Å². The van der Waals surface area contributed by atoms with E-state index in [1.807, 2.05) is 19.1 Å². The molecule has 0 aliphatic heterocycles. The Bertz CT molecular complexity index is 589. The van der Waals surface area contributed by atoms with Crippen molar-refractivity contribution in [3.63, 3.8) is 0 Å². The summed E-state index contributed by atoms with van der Waals surface area (Å²) in [5.41, 5.74) is 7.71. The molecule has 0 saturated carbocycles. The summed E-state index contributed by atoms with van der Waals surface area (Å²) in [6, 6.07) is 8.62. The topological polar surface area (TPSA) is 50.9 Å². The van der Waals surface area contributed by atoms with Crippen molar-refractivity contribution in [2.24, 2.45) is 0 Å². The zero-order valence-corrected chi connectivity index (χ0v) is 12.0. The summed E-state index contributed by atoms with van der Waals surface area (Å²) in [6.07, 6.45) is 2.42. The second-order valence-corrected chi connectivity index (χ2v) is 4.98. The second kappa shape index (κ2) is 6.68. The van der Waals surface area contributed by atoms with Crippen molar-refractivity contribution in [3.8, 4) is 0 Å². The van der Waals surface area contributed by atoms with Crippen LogP contribution in [-0.2, 0) is 6.42 Å². The summed E-state index contributed by atoms with van der Waals surface area (Å²) >= 11 is 5.85. The lowest BCUT2D eigenvalue weighted by Crippen LogP contribution is -2.23. The number of anilines is 1. The molecule has 0 radical (unpaired) electrons. The highest BCUT2D eigenvalue weighted by Crippen LogP contribution is 2.24. The van der Waals surface area contributed by atoms with E-state index in [0.29, 0.717) is 5.82 Å². The first-order valence-electron chi connectivity index (χ1n) is 6.49. The maximum Gasteiger partial charge on any atom is 0.141 e. The van der Waals surface area contributed by atoms with E-state index in [2.05, 4.69) is 10.3 Å². The van der Waals surface area contributed by atoms with Gasteiger partial charge in [-0.05, 0) is 48.4 Å². The average molecular weight is 294 g/mol. The van der Waals surface area contributed by atoms with Gasteiger partial charge in [-0.2, -0.15) is 0 Å². The molecule has 5 heteroatoms. The molecule has 3 N–H and O–H groups in total. The SMILES string of the molecule is CCNC(Cc1ccnc(N)c1)c1ccc(F)c(Cl)c1. The van der Waals surface area contributed by atoms with E-state index in [1.165, 1.54) is 6.07 Å². The number of halogens is 2. The third-order valence-corrected chi connectivity index (χ3v) is 3.37. The smallest absolute Gasteiger partial charge is 0.141 e. The molecule has 20 heavy (non-hydrogen) atoms. The number of hydrogen-bond donors (Lipinski definition) is 2. The summed E-state index contributed by atoms with van der Waals surface area (Å²) in [4.78, 5) is 3.98. The van der Waals surface area contributed by atoms with Gasteiger partial charge in [-0.15, -0.1) is 0 Å². The van der Waals surface area contributed by atoms with Crippen molar-refractivity contribution in [2.45, 2.75) is 19.4 Å².